The number of fused-ring (bicyclic) bond motifs is 1. The molecule has 2 aliphatic rings. The van der Waals surface area contributed by atoms with E-state index in [4.69, 9.17) is 35.7 Å². The van der Waals surface area contributed by atoms with E-state index in [2.05, 4.69) is 5.11 Å². The first kappa shape index (κ1) is 34.6. The van der Waals surface area contributed by atoms with Crippen molar-refractivity contribution in [2.24, 2.45) is 16.1 Å². The van der Waals surface area contributed by atoms with Crippen molar-refractivity contribution < 1.29 is 38.1 Å². The van der Waals surface area contributed by atoms with Crippen molar-refractivity contribution in [1.29, 1.82) is 0 Å². The van der Waals surface area contributed by atoms with Crippen LogP contribution < -0.4 is 0 Å². The third-order valence-corrected chi connectivity index (χ3v) is 9.70. The fraction of sp³-hybridized carbons (Fsp3) is 0.314. The highest BCUT2D eigenvalue weighted by Gasteiger charge is 2.68. The summed E-state index contributed by atoms with van der Waals surface area (Å²) in [4.78, 5) is 53.0. The van der Waals surface area contributed by atoms with Crippen LogP contribution in [0.25, 0.3) is 0 Å². The van der Waals surface area contributed by atoms with Crippen LogP contribution in [0.15, 0.2) is 106 Å². The van der Waals surface area contributed by atoms with E-state index in [9.17, 15) is 19.2 Å². The van der Waals surface area contributed by atoms with Gasteiger partial charge in [-0.25, -0.2) is 0 Å². The van der Waals surface area contributed by atoms with Crippen LogP contribution in [0.5, 0.6) is 0 Å². The highest BCUT2D eigenvalue weighted by molar-refractivity contribution is 8.04. The Kier molecular flexibility index (Phi) is 10.9. The number of carbonyl (C=O) groups excluding carboxylic acids is 4. The van der Waals surface area contributed by atoms with Gasteiger partial charge in [0.15, 0.2) is 23.1 Å². The summed E-state index contributed by atoms with van der Waals surface area (Å²) in [5, 5.41) is 10.4. The summed E-state index contributed by atoms with van der Waals surface area (Å²) in [5.74, 6) is -3.61. The largest absolute Gasteiger partial charge is 0.462 e. The van der Waals surface area contributed by atoms with Crippen LogP contribution in [0, 0.1) is 5.92 Å². The Morgan fingerprint density at radius 3 is 2.12 bits per heavy atom. The number of thioether (sulfide) groups is 1. The van der Waals surface area contributed by atoms with Gasteiger partial charge in [0.05, 0.1) is 16.6 Å². The van der Waals surface area contributed by atoms with E-state index in [0.717, 1.165) is 5.56 Å². The molecule has 11 nitrogen and oxygen atoms in total. The molecule has 1 unspecified atom stereocenters. The first-order valence-electron chi connectivity index (χ1n) is 15.1. The van der Waals surface area contributed by atoms with Crippen LogP contribution in [0.3, 0.4) is 0 Å². The maximum absolute atomic E-state index is 14.4. The predicted molar refractivity (Wildman–Crippen MR) is 178 cm³/mol. The molecule has 250 valence electrons. The van der Waals surface area contributed by atoms with Gasteiger partial charge in [-0.2, -0.15) is 10.2 Å². The number of halogens is 1. The lowest BCUT2D eigenvalue weighted by Gasteiger charge is -2.32. The lowest BCUT2D eigenvalue weighted by Crippen LogP contribution is -2.49. The third kappa shape index (κ3) is 7.55. The molecule has 2 heterocycles. The highest BCUT2D eigenvalue weighted by Crippen LogP contribution is 2.63. The van der Waals surface area contributed by atoms with Crippen LogP contribution in [-0.2, 0) is 49.4 Å². The van der Waals surface area contributed by atoms with Crippen molar-refractivity contribution in [1.82, 2.24) is 4.90 Å². The fourth-order valence-electron chi connectivity index (χ4n) is 5.81. The molecular formula is C35H34ClN3O8S. The van der Waals surface area contributed by atoms with Crippen LogP contribution in [0.2, 0.25) is 5.02 Å². The van der Waals surface area contributed by atoms with Crippen LogP contribution >= 0.6 is 23.4 Å². The van der Waals surface area contributed by atoms with Crippen molar-refractivity contribution >= 4 is 52.9 Å². The summed E-state index contributed by atoms with van der Waals surface area (Å²) in [6.07, 6.45) is -3.94. The summed E-state index contributed by atoms with van der Waals surface area (Å²) >= 11 is 7.38. The van der Waals surface area contributed by atoms with Gasteiger partial charge in [0, 0.05) is 39.4 Å². The Bertz CT molecular complexity index is 1720. The molecule has 1 fully saturated rings. The van der Waals surface area contributed by atoms with Gasteiger partial charge in [-0.3, -0.25) is 19.2 Å². The molecule has 0 amide bonds. The number of nitrogens with zero attached hydrogens (tertiary/aromatic N) is 3. The van der Waals surface area contributed by atoms with Crippen LogP contribution in [0.4, 0.5) is 5.69 Å². The van der Waals surface area contributed by atoms with E-state index in [-0.39, 0.29) is 0 Å². The highest BCUT2D eigenvalue weighted by atomic mass is 35.5. The topological polar surface area (TPSA) is 133 Å². The van der Waals surface area contributed by atoms with E-state index in [1.807, 2.05) is 72.6 Å². The Hall–Kier alpha value is -4.68. The summed E-state index contributed by atoms with van der Waals surface area (Å²) in [6.45, 7) is 3.57. The zero-order chi connectivity index (χ0) is 34.4. The number of hydrogen-bond donors (Lipinski definition) is 0. The minimum atomic E-state index is -1.40. The summed E-state index contributed by atoms with van der Waals surface area (Å²) in [7, 11) is 1.89. The standard InChI is InChI=1S/C35H34ClN3O8S/c1-21(40)44-20-28(45-22(2)41)31(46-23(3)42)32-29-30(38-37-27-17-15-26(36)16-18-27)33(39(4)19-24-11-7-5-8-12-24)48-35(29,34(43)47-32)25-13-9-6-10-14-25/h5-18,28-29,31-32H,19-20H2,1-4H3/t28-,29?,31-,32-,35-/m1/s1. The molecule has 1 saturated heterocycles. The number of azo groups is 1. The van der Waals surface area contributed by atoms with E-state index < -0.39 is 59.5 Å². The van der Waals surface area contributed by atoms with Gasteiger partial charge in [-0.1, -0.05) is 84.0 Å². The van der Waals surface area contributed by atoms with E-state index in [1.54, 1.807) is 24.3 Å². The summed E-state index contributed by atoms with van der Waals surface area (Å²) in [5.41, 5.74) is 2.53. The molecule has 0 spiro atoms. The van der Waals surface area contributed by atoms with Crippen molar-refractivity contribution in [2.45, 2.75) is 50.4 Å². The molecule has 2 aliphatic heterocycles. The molecule has 0 saturated carbocycles. The first-order chi connectivity index (χ1) is 23.0. The first-order valence-corrected chi connectivity index (χ1v) is 16.3. The van der Waals surface area contributed by atoms with Gasteiger partial charge in [-0.05, 0) is 35.4 Å². The minimum Gasteiger partial charge on any atom is -0.462 e. The average molecular weight is 692 g/mol. The van der Waals surface area contributed by atoms with Crippen LogP contribution in [0.1, 0.15) is 31.9 Å². The van der Waals surface area contributed by atoms with E-state index in [0.29, 0.717) is 33.5 Å². The zero-order valence-corrected chi connectivity index (χ0v) is 28.3. The van der Waals surface area contributed by atoms with E-state index in [1.165, 1.54) is 32.5 Å². The Labute approximate surface area is 287 Å². The number of ether oxygens (including phenoxy) is 4. The van der Waals surface area contributed by atoms with Crippen molar-refractivity contribution in [2.75, 3.05) is 13.7 Å². The number of esters is 4. The zero-order valence-electron chi connectivity index (χ0n) is 26.7. The Balaban J connectivity index is 1.71. The molecule has 0 bridgehead atoms. The molecule has 0 N–H and O–H groups in total. The molecule has 3 aromatic carbocycles. The van der Waals surface area contributed by atoms with Gasteiger partial charge in [0.25, 0.3) is 0 Å². The van der Waals surface area contributed by atoms with Gasteiger partial charge < -0.3 is 23.8 Å². The fourth-order valence-corrected chi connectivity index (χ4v) is 7.49. The Morgan fingerprint density at radius 2 is 1.52 bits per heavy atom. The number of carbonyl (C=O) groups is 4. The number of rotatable bonds is 12. The molecule has 5 atom stereocenters. The average Bonchev–Trinajstić information content (AvgIpc) is 3.55. The second-order valence-corrected chi connectivity index (χ2v) is 13.0. The predicted octanol–water partition coefficient (Wildman–Crippen LogP) is 6.34. The van der Waals surface area contributed by atoms with Gasteiger partial charge in [0.1, 0.15) is 12.3 Å². The SMILES string of the molecule is CC(=O)OC[C@@H](OC(C)=O)[C@@H](OC(C)=O)[C@@H]1OC(=O)[C@]2(c3ccccc3)SC(N(C)Cc3ccccc3)=C(N=Nc3ccc(Cl)cc3)C12. The van der Waals surface area contributed by atoms with Crippen LogP contribution in [-0.4, -0.2) is 60.7 Å². The number of hydrogen-bond acceptors (Lipinski definition) is 12. The molecular weight excluding hydrogens is 658 g/mol. The minimum absolute atomic E-state index is 0.388. The molecule has 0 aliphatic carbocycles. The van der Waals surface area contributed by atoms with E-state index >= 15 is 0 Å². The summed E-state index contributed by atoms with van der Waals surface area (Å²) in [6, 6.07) is 25.7. The molecule has 0 aromatic heterocycles. The van der Waals surface area contributed by atoms with Gasteiger partial charge in [-0.15, -0.1) is 0 Å². The normalized spacial score (nSPS) is 21.3. The number of cyclic esters (lactones) is 1. The molecule has 5 rings (SSSR count). The maximum atomic E-state index is 14.4. The molecule has 48 heavy (non-hydrogen) atoms. The molecule has 0 radical (unpaired) electrons. The lowest BCUT2D eigenvalue weighted by atomic mass is 9.79. The monoisotopic (exact) mass is 691 g/mol. The molecule has 3 aromatic rings. The number of benzene rings is 3. The smallest absolute Gasteiger partial charge is 0.328 e. The second-order valence-electron chi connectivity index (χ2n) is 11.3. The Morgan fingerprint density at radius 1 is 0.896 bits per heavy atom. The van der Waals surface area contributed by atoms with Gasteiger partial charge >= 0.3 is 23.9 Å². The van der Waals surface area contributed by atoms with Crippen molar-refractivity contribution in [3.8, 4) is 0 Å². The van der Waals surface area contributed by atoms with Gasteiger partial charge in [0.2, 0.25) is 0 Å². The van der Waals surface area contributed by atoms with Crippen molar-refractivity contribution in [3.05, 3.63) is 112 Å². The summed E-state index contributed by atoms with van der Waals surface area (Å²) < 4.78 is 21.2. The quantitative estimate of drug-likeness (QED) is 0.120. The lowest BCUT2D eigenvalue weighted by molar-refractivity contribution is -0.186. The second kappa shape index (κ2) is 15.0. The molecule has 13 heteroatoms. The van der Waals surface area contributed by atoms with Crippen molar-refractivity contribution in [3.63, 3.8) is 0 Å². The maximum Gasteiger partial charge on any atom is 0.328 e. The third-order valence-electron chi connectivity index (χ3n) is 7.76.